The number of anilines is 1. The standard InChI is InChI=1S/C17H17FN2/c1-12-6-13(2)8-17(7-12)20(3)11-15-9-16(18)5-4-14(15)10-19/h4-9H,11H2,1-3H3. The zero-order valence-corrected chi connectivity index (χ0v) is 11.9. The number of hydrogen-bond acceptors (Lipinski definition) is 2. The molecule has 3 heteroatoms. The molecule has 2 rings (SSSR count). The molecule has 102 valence electrons. The SMILES string of the molecule is Cc1cc(C)cc(N(C)Cc2cc(F)ccc2C#N)c1. The Labute approximate surface area is 119 Å². The fourth-order valence-electron chi connectivity index (χ4n) is 2.32. The quantitative estimate of drug-likeness (QED) is 0.842. The van der Waals surface area contributed by atoms with Crippen LogP contribution in [0, 0.1) is 31.0 Å². The van der Waals surface area contributed by atoms with Crippen molar-refractivity contribution in [1.29, 1.82) is 5.26 Å². The van der Waals surface area contributed by atoms with E-state index in [2.05, 4.69) is 24.3 Å². The fourth-order valence-corrected chi connectivity index (χ4v) is 2.32. The van der Waals surface area contributed by atoms with Crippen LogP contribution in [0.15, 0.2) is 36.4 Å². The summed E-state index contributed by atoms with van der Waals surface area (Å²) in [6.07, 6.45) is 0. The summed E-state index contributed by atoms with van der Waals surface area (Å²) < 4.78 is 13.3. The number of benzene rings is 2. The lowest BCUT2D eigenvalue weighted by molar-refractivity contribution is 0.625. The van der Waals surface area contributed by atoms with Gasteiger partial charge in [0.25, 0.3) is 0 Å². The van der Waals surface area contributed by atoms with Crippen molar-refractivity contribution in [2.75, 3.05) is 11.9 Å². The van der Waals surface area contributed by atoms with Crippen LogP contribution in [0.5, 0.6) is 0 Å². The van der Waals surface area contributed by atoms with Crippen molar-refractivity contribution in [2.24, 2.45) is 0 Å². The maximum absolute atomic E-state index is 13.3. The van der Waals surface area contributed by atoms with E-state index in [1.165, 1.54) is 29.3 Å². The molecule has 0 aliphatic rings. The van der Waals surface area contributed by atoms with E-state index < -0.39 is 0 Å². The molecule has 2 aromatic carbocycles. The first-order valence-corrected chi connectivity index (χ1v) is 6.47. The van der Waals surface area contributed by atoms with Crippen LogP contribution >= 0.6 is 0 Å². The number of nitrogens with zero attached hydrogens (tertiary/aromatic N) is 2. The van der Waals surface area contributed by atoms with Crippen LogP contribution in [-0.2, 0) is 6.54 Å². The Balaban J connectivity index is 2.30. The molecule has 0 heterocycles. The lowest BCUT2D eigenvalue weighted by Gasteiger charge is -2.21. The minimum absolute atomic E-state index is 0.312. The number of hydrogen-bond donors (Lipinski definition) is 0. The molecule has 0 radical (unpaired) electrons. The van der Waals surface area contributed by atoms with Crippen LogP contribution in [-0.4, -0.2) is 7.05 Å². The van der Waals surface area contributed by atoms with Crippen molar-refractivity contribution in [3.05, 3.63) is 64.5 Å². The Kier molecular flexibility index (Phi) is 4.05. The molecule has 0 atom stereocenters. The summed E-state index contributed by atoms with van der Waals surface area (Å²) in [5.74, 6) is -0.312. The summed E-state index contributed by atoms with van der Waals surface area (Å²) in [4.78, 5) is 2.02. The van der Waals surface area contributed by atoms with Crippen LogP contribution in [0.1, 0.15) is 22.3 Å². The average Bonchev–Trinajstić information content (AvgIpc) is 2.37. The Morgan fingerprint density at radius 3 is 2.35 bits per heavy atom. The highest BCUT2D eigenvalue weighted by molar-refractivity contribution is 5.51. The monoisotopic (exact) mass is 268 g/mol. The predicted octanol–water partition coefficient (Wildman–Crippen LogP) is 3.95. The average molecular weight is 268 g/mol. The Hall–Kier alpha value is -2.34. The summed E-state index contributed by atoms with van der Waals surface area (Å²) >= 11 is 0. The van der Waals surface area contributed by atoms with Gasteiger partial charge in [-0.1, -0.05) is 6.07 Å². The number of halogens is 1. The Morgan fingerprint density at radius 1 is 1.10 bits per heavy atom. The third-order valence-electron chi connectivity index (χ3n) is 3.24. The minimum atomic E-state index is -0.312. The minimum Gasteiger partial charge on any atom is -0.370 e. The summed E-state index contributed by atoms with van der Waals surface area (Å²) in [6, 6.07) is 12.7. The topological polar surface area (TPSA) is 27.0 Å². The molecule has 0 spiro atoms. The molecular weight excluding hydrogens is 251 g/mol. The summed E-state index contributed by atoms with van der Waals surface area (Å²) in [6.45, 7) is 4.60. The second-order valence-corrected chi connectivity index (χ2v) is 5.12. The zero-order valence-electron chi connectivity index (χ0n) is 11.9. The van der Waals surface area contributed by atoms with Gasteiger partial charge in [0, 0.05) is 19.3 Å². The molecule has 0 aromatic heterocycles. The van der Waals surface area contributed by atoms with Gasteiger partial charge < -0.3 is 4.90 Å². The van der Waals surface area contributed by atoms with Crippen LogP contribution in [0.4, 0.5) is 10.1 Å². The van der Waals surface area contributed by atoms with E-state index in [0.717, 1.165) is 5.69 Å². The molecule has 0 amide bonds. The molecule has 0 fully saturated rings. The third kappa shape index (κ3) is 3.16. The van der Waals surface area contributed by atoms with Gasteiger partial charge in [0.15, 0.2) is 0 Å². The van der Waals surface area contributed by atoms with Gasteiger partial charge in [-0.3, -0.25) is 0 Å². The fraction of sp³-hybridized carbons (Fsp3) is 0.235. The summed E-state index contributed by atoms with van der Waals surface area (Å²) in [5, 5.41) is 9.09. The van der Waals surface area contributed by atoms with Gasteiger partial charge in [-0.15, -0.1) is 0 Å². The highest BCUT2D eigenvalue weighted by Crippen LogP contribution is 2.21. The number of rotatable bonds is 3. The highest BCUT2D eigenvalue weighted by Gasteiger charge is 2.08. The van der Waals surface area contributed by atoms with Crippen LogP contribution in [0.3, 0.4) is 0 Å². The van der Waals surface area contributed by atoms with E-state index in [-0.39, 0.29) is 5.82 Å². The van der Waals surface area contributed by atoms with Crippen molar-refractivity contribution in [1.82, 2.24) is 0 Å². The molecule has 0 bridgehead atoms. The molecule has 2 aromatic rings. The lowest BCUT2D eigenvalue weighted by Crippen LogP contribution is -2.17. The molecule has 0 N–H and O–H groups in total. The van der Waals surface area contributed by atoms with E-state index >= 15 is 0 Å². The van der Waals surface area contributed by atoms with E-state index in [0.29, 0.717) is 17.7 Å². The first-order valence-electron chi connectivity index (χ1n) is 6.47. The van der Waals surface area contributed by atoms with Gasteiger partial charge in [0.2, 0.25) is 0 Å². The van der Waals surface area contributed by atoms with Crippen LogP contribution in [0.2, 0.25) is 0 Å². The largest absolute Gasteiger partial charge is 0.370 e. The van der Waals surface area contributed by atoms with E-state index in [9.17, 15) is 4.39 Å². The van der Waals surface area contributed by atoms with Gasteiger partial charge in [0.05, 0.1) is 11.6 Å². The van der Waals surface area contributed by atoms with Crippen LogP contribution < -0.4 is 4.90 Å². The van der Waals surface area contributed by atoms with Crippen molar-refractivity contribution in [3.63, 3.8) is 0 Å². The van der Waals surface area contributed by atoms with Crippen molar-refractivity contribution in [3.8, 4) is 6.07 Å². The molecule has 0 aliphatic carbocycles. The third-order valence-corrected chi connectivity index (χ3v) is 3.24. The van der Waals surface area contributed by atoms with Gasteiger partial charge in [0.1, 0.15) is 5.82 Å². The van der Waals surface area contributed by atoms with Crippen molar-refractivity contribution >= 4 is 5.69 Å². The zero-order chi connectivity index (χ0) is 14.7. The molecule has 0 aliphatic heterocycles. The van der Waals surface area contributed by atoms with E-state index in [4.69, 9.17) is 5.26 Å². The summed E-state index contributed by atoms with van der Waals surface area (Å²) in [5.41, 5.74) is 4.66. The predicted molar refractivity (Wildman–Crippen MR) is 79.1 cm³/mol. The number of aryl methyl sites for hydroxylation is 2. The Bertz CT molecular complexity index is 651. The van der Waals surface area contributed by atoms with E-state index in [1.54, 1.807) is 0 Å². The van der Waals surface area contributed by atoms with Crippen LogP contribution in [0.25, 0.3) is 0 Å². The first-order chi connectivity index (χ1) is 9.49. The maximum Gasteiger partial charge on any atom is 0.123 e. The maximum atomic E-state index is 13.3. The smallest absolute Gasteiger partial charge is 0.123 e. The molecule has 0 saturated carbocycles. The lowest BCUT2D eigenvalue weighted by atomic mass is 10.1. The molecule has 0 unspecified atom stereocenters. The number of nitriles is 1. The van der Waals surface area contributed by atoms with Gasteiger partial charge in [-0.05, 0) is 60.9 Å². The van der Waals surface area contributed by atoms with Crippen molar-refractivity contribution < 1.29 is 4.39 Å². The van der Waals surface area contributed by atoms with Gasteiger partial charge >= 0.3 is 0 Å². The van der Waals surface area contributed by atoms with E-state index in [1.807, 2.05) is 25.8 Å². The molecular formula is C17H17FN2. The summed E-state index contributed by atoms with van der Waals surface area (Å²) in [7, 11) is 1.94. The van der Waals surface area contributed by atoms with Crippen molar-refractivity contribution in [2.45, 2.75) is 20.4 Å². The van der Waals surface area contributed by atoms with Gasteiger partial charge in [-0.2, -0.15) is 5.26 Å². The normalized spacial score (nSPS) is 10.2. The second kappa shape index (κ2) is 5.75. The molecule has 0 saturated heterocycles. The Morgan fingerprint density at radius 2 is 1.75 bits per heavy atom. The first kappa shape index (κ1) is 14.1. The highest BCUT2D eigenvalue weighted by atomic mass is 19.1. The molecule has 20 heavy (non-hydrogen) atoms. The molecule has 2 nitrogen and oxygen atoms in total. The van der Waals surface area contributed by atoms with Gasteiger partial charge in [-0.25, -0.2) is 4.39 Å². The second-order valence-electron chi connectivity index (χ2n) is 5.12.